The summed E-state index contributed by atoms with van der Waals surface area (Å²) in [4.78, 5) is 21.4. The maximum Gasteiger partial charge on any atom is 0.255 e. The normalized spacial score (nSPS) is 12.5. The highest BCUT2D eigenvalue weighted by Crippen LogP contribution is 2.26. The van der Waals surface area contributed by atoms with Crippen LogP contribution in [-0.2, 0) is 0 Å². The third-order valence-electron chi connectivity index (χ3n) is 4.33. The van der Waals surface area contributed by atoms with E-state index in [4.69, 9.17) is 0 Å². The minimum absolute atomic E-state index is 0.0304. The van der Waals surface area contributed by atoms with Crippen molar-refractivity contribution in [3.8, 4) is 11.3 Å². The first-order valence-corrected chi connectivity index (χ1v) is 9.34. The molecule has 0 spiro atoms. The van der Waals surface area contributed by atoms with Gasteiger partial charge < -0.3 is 10.6 Å². The van der Waals surface area contributed by atoms with Gasteiger partial charge in [-0.1, -0.05) is 13.8 Å². The zero-order valence-corrected chi connectivity index (χ0v) is 16.5. The van der Waals surface area contributed by atoms with Crippen LogP contribution in [0.15, 0.2) is 36.9 Å². The number of carbonyl (C=O) groups excluding carboxylic acids is 1. The van der Waals surface area contributed by atoms with Gasteiger partial charge in [-0.25, -0.2) is 13.9 Å². The van der Waals surface area contributed by atoms with Crippen LogP contribution >= 0.6 is 0 Å². The number of nitrogens with one attached hydrogen (secondary N) is 2. The van der Waals surface area contributed by atoms with Crippen LogP contribution < -0.4 is 10.6 Å². The lowest BCUT2D eigenvalue weighted by molar-refractivity contribution is 0.0935. The average molecular weight is 384 g/mol. The van der Waals surface area contributed by atoms with E-state index in [2.05, 4.69) is 25.7 Å². The number of nitrogens with zero attached hydrogens (tertiary/aromatic N) is 4. The van der Waals surface area contributed by atoms with Gasteiger partial charge in [0.25, 0.3) is 5.91 Å². The largest absolute Gasteiger partial charge is 0.382 e. The quantitative estimate of drug-likeness (QED) is 0.653. The van der Waals surface area contributed by atoms with E-state index < -0.39 is 6.17 Å². The summed E-state index contributed by atoms with van der Waals surface area (Å²) >= 11 is 0. The Bertz CT molecular complexity index is 968. The predicted molar refractivity (Wildman–Crippen MR) is 107 cm³/mol. The highest BCUT2D eigenvalue weighted by molar-refractivity contribution is 6.00. The lowest BCUT2D eigenvalue weighted by Crippen LogP contribution is -2.33. The van der Waals surface area contributed by atoms with Crippen molar-refractivity contribution in [1.29, 1.82) is 0 Å². The molecule has 0 saturated heterocycles. The monoisotopic (exact) mass is 384 g/mol. The van der Waals surface area contributed by atoms with E-state index in [-0.39, 0.29) is 24.4 Å². The van der Waals surface area contributed by atoms with Crippen molar-refractivity contribution in [2.24, 2.45) is 5.92 Å². The van der Waals surface area contributed by atoms with Gasteiger partial charge in [0.15, 0.2) is 5.65 Å². The van der Waals surface area contributed by atoms with Gasteiger partial charge in [-0.05, 0) is 31.9 Å². The summed E-state index contributed by atoms with van der Waals surface area (Å²) in [6.07, 6.45) is 5.60. The summed E-state index contributed by atoms with van der Waals surface area (Å²) in [6, 6.07) is 3.70. The van der Waals surface area contributed by atoms with E-state index in [9.17, 15) is 9.18 Å². The Morgan fingerprint density at radius 3 is 2.71 bits per heavy atom. The molecule has 3 aromatic rings. The molecule has 1 unspecified atom stereocenters. The van der Waals surface area contributed by atoms with Gasteiger partial charge in [0.05, 0.1) is 28.7 Å². The summed E-state index contributed by atoms with van der Waals surface area (Å²) in [5, 5.41) is 10.2. The maximum atomic E-state index is 13.8. The number of fused-ring (bicyclic) bond motifs is 1. The Kier molecular flexibility index (Phi) is 5.87. The predicted octanol–water partition coefficient (Wildman–Crippen LogP) is 3.34. The third kappa shape index (κ3) is 4.27. The molecule has 2 N–H and O–H groups in total. The molecule has 1 atom stereocenters. The van der Waals surface area contributed by atoms with Gasteiger partial charge in [0.2, 0.25) is 0 Å². The van der Waals surface area contributed by atoms with Crippen molar-refractivity contribution in [3.05, 3.63) is 42.5 Å². The van der Waals surface area contributed by atoms with E-state index in [0.717, 1.165) is 5.56 Å². The smallest absolute Gasteiger partial charge is 0.255 e. The molecule has 0 aliphatic carbocycles. The van der Waals surface area contributed by atoms with Gasteiger partial charge in [0, 0.05) is 31.2 Å². The van der Waals surface area contributed by atoms with Crippen LogP contribution in [-0.4, -0.2) is 44.2 Å². The van der Waals surface area contributed by atoms with Crippen LogP contribution in [0.2, 0.25) is 0 Å². The summed E-state index contributed by atoms with van der Waals surface area (Å²) in [6.45, 7) is 7.49. The first-order valence-electron chi connectivity index (χ1n) is 9.34. The number of amides is 1. The average Bonchev–Trinajstić information content (AvgIpc) is 3.09. The lowest BCUT2D eigenvalue weighted by Gasteiger charge is -2.17. The number of hydrogen-bond donors (Lipinski definition) is 2. The number of alkyl halides is 1. The number of hydrogen-bond acceptors (Lipinski definition) is 5. The molecule has 3 heterocycles. The van der Waals surface area contributed by atoms with Crippen LogP contribution in [0, 0.1) is 5.92 Å². The fourth-order valence-corrected chi connectivity index (χ4v) is 2.74. The molecule has 3 rings (SSSR count). The van der Waals surface area contributed by atoms with Crippen molar-refractivity contribution in [1.82, 2.24) is 24.9 Å². The minimum Gasteiger partial charge on any atom is -0.382 e. The van der Waals surface area contributed by atoms with E-state index >= 15 is 0 Å². The molecule has 0 fully saturated rings. The molecule has 8 heteroatoms. The standard InChI is InChI=1S/C20H25FN6O/c1-12(2)16(21)11-24-20(28)15-9-23-17(8-18(15)26-13(3)4)14-10-25-27-7-5-6-22-19(14)27/h5-10,12-13,16H,11H2,1-4H3,(H,23,26)(H,24,28). The lowest BCUT2D eigenvalue weighted by atomic mass is 10.1. The van der Waals surface area contributed by atoms with E-state index in [0.29, 0.717) is 22.6 Å². The van der Waals surface area contributed by atoms with Gasteiger partial charge in [0.1, 0.15) is 6.17 Å². The number of anilines is 1. The van der Waals surface area contributed by atoms with Gasteiger partial charge in [-0.2, -0.15) is 5.10 Å². The van der Waals surface area contributed by atoms with Crippen LogP contribution in [0.4, 0.5) is 10.1 Å². The third-order valence-corrected chi connectivity index (χ3v) is 4.33. The van der Waals surface area contributed by atoms with Crippen molar-refractivity contribution >= 4 is 17.2 Å². The van der Waals surface area contributed by atoms with E-state index in [1.807, 2.05) is 20.0 Å². The second-order valence-electron chi connectivity index (χ2n) is 7.33. The van der Waals surface area contributed by atoms with Gasteiger partial charge in [-0.15, -0.1) is 0 Å². The van der Waals surface area contributed by atoms with Crippen LogP contribution in [0.5, 0.6) is 0 Å². The van der Waals surface area contributed by atoms with Gasteiger partial charge >= 0.3 is 0 Å². The first kappa shape index (κ1) is 19.7. The number of aromatic nitrogens is 4. The SMILES string of the molecule is CC(C)Nc1cc(-c2cnn3cccnc23)ncc1C(=O)NCC(F)C(C)C. The highest BCUT2D eigenvalue weighted by Gasteiger charge is 2.19. The fourth-order valence-electron chi connectivity index (χ4n) is 2.74. The van der Waals surface area contributed by atoms with Crippen LogP contribution in [0.3, 0.4) is 0 Å². The molecule has 0 radical (unpaired) electrons. The number of carbonyl (C=O) groups is 1. The van der Waals surface area contributed by atoms with Gasteiger partial charge in [-0.3, -0.25) is 9.78 Å². The second-order valence-corrected chi connectivity index (χ2v) is 7.33. The molecule has 7 nitrogen and oxygen atoms in total. The summed E-state index contributed by atoms with van der Waals surface area (Å²) in [5.74, 6) is -0.513. The number of halogens is 1. The Labute approximate surface area is 163 Å². The van der Waals surface area contributed by atoms with Crippen molar-refractivity contribution in [2.45, 2.75) is 39.9 Å². The number of pyridine rings is 1. The summed E-state index contributed by atoms with van der Waals surface area (Å²) < 4.78 is 15.5. The molecule has 0 bridgehead atoms. The Morgan fingerprint density at radius 2 is 2.00 bits per heavy atom. The summed E-state index contributed by atoms with van der Waals surface area (Å²) in [5.41, 5.74) is 3.10. The van der Waals surface area contributed by atoms with Crippen LogP contribution in [0.1, 0.15) is 38.1 Å². The fraction of sp³-hybridized carbons (Fsp3) is 0.400. The van der Waals surface area contributed by atoms with Crippen molar-refractivity contribution in [2.75, 3.05) is 11.9 Å². The highest BCUT2D eigenvalue weighted by atomic mass is 19.1. The zero-order chi connectivity index (χ0) is 20.3. The zero-order valence-electron chi connectivity index (χ0n) is 16.5. The molecule has 1 amide bonds. The molecule has 0 aliphatic rings. The molecular weight excluding hydrogens is 359 g/mol. The Morgan fingerprint density at radius 1 is 1.21 bits per heavy atom. The minimum atomic E-state index is -1.09. The van der Waals surface area contributed by atoms with Crippen molar-refractivity contribution < 1.29 is 9.18 Å². The molecule has 0 saturated carbocycles. The Balaban J connectivity index is 1.92. The van der Waals surface area contributed by atoms with Crippen molar-refractivity contribution in [3.63, 3.8) is 0 Å². The van der Waals surface area contributed by atoms with E-state index in [1.54, 1.807) is 42.9 Å². The topological polar surface area (TPSA) is 84.2 Å². The second kappa shape index (κ2) is 8.33. The Hall–Kier alpha value is -3.03. The maximum absolute atomic E-state index is 13.8. The molecule has 28 heavy (non-hydrogen) atoms. The van der Waals surface area contributed by atoms with Crippen LogP contribution in [0.25, 0.3) is 16.9 Å². The molecule has 3 aromatic heterocycles. The number of rotatable bonds is 7. The molecule has 0 aliphatic heterocycles. The molecular formula is C20H25FN6O. The van der Waals surface area contributed by atoms with E-state index in [1.165, 1.54) is 6.20 Å². The molecule has 0 aromatic carbocycles. The molecule has 148 valence electrons. The first-order chi connectivity index (χ1) is 13.4. The summed E-state index contributed by atoms with van der Waals surface area (Å²) in [7, 11) is 0.